The summed E-state index contributed by atoms with van der Waals surface area (Å²) in [5.41, 5.74) is 0. The van der Waals surface area contributed by atoms with Crippen molar-refractivity contribution < 1.29 is 4.79 Å². The second-order valence-corrected chi connectivity index (χ2v) is 4.85. The molecule has 18 heavy (non-hydrogen) atoms. The molecule has 1 N–H and O–H groups in total. The van der Waals surface area contributed by atoms with Gasteiger partial charge in [-0.15, -0.1) is 5.10 Å². The Morgan fingerprint density at radius 1 is 1.50 bits per heavy atom. The number of hydrogen-bond acceptors (Lipinski definition) is 4. The quantitative estimate of drug-likeness (QED) is 0.816. The van der Waals surface area contributed by atoms with Gasteiger partial charge in [0.25, 0.3) is 0 Å². The van der Waals surface area contributed by atoms with Gasteiger partial charge in [0.2, 0.25) is 5.91 Å². The van der Waals surface area contributed by atoms with Crippen molar-refractivity contribution in [2.75, 3.05) is 20.1 Å². The number of carbonyl (C=O) groups is 1. The van der Waals surface area contributed by atoms with E-state index < -0.39 is 0 Å². The van der Waals surface area contributed by atoms with Crippen LogP contribution in [0.5, 0.6) is 0 Å². The number of amides is 1. The minimum absolute atomic E-state index is 0.133. The van der Waals surface area contributed by atoms with Crippen LogP contribution < -0.4 is 5.32 Å². The first-order valence-electron chi connectivity index (χ1n) is 6.57. The number of likely N-dealkylation sites (tertiary alicyclic amines) is 1. The molecular weight excluding hydrogens is 230 g/mol. The zero-order valence-electron chi connectivity index (χ0n) is 10.9. The topological polar surface area (TPSA) is 63.1 Å². The maximum absolute atomic E-state index is 11.8. The van der Waals surface area contributed by atoms with Gasteiger partial charge < -0.3 is 10.2 Å². The monoisotopic (exact) mass is 251 g/mol. The second-order valence-electron chi connectivity index (χ2n) is 4.85. The molecule has 2 rings (SSSR count). The molecule has 1 unspecified atom stereocenters. The van der Waals surface area contributed by atoms with E-state index in [-0.39, 0.29) is 5.91 Å². The minimum atomic E-state index is 0.133. The average Bonchev–Trinajstić information content (AvgIpc) is 2.85. The standard InChI is InChI=1S/C12H21N5O/c1-16-7-3-2-4-11(16)10-12(18)13-5-8-17-9-6-14-15-17/h6,9,11H,2-5,7-8,10H2,1H3,(H,13,18). The van der Waals surface area contributed by atoms with Crippen LogP contribution >= 0.6 is 0 Å². The Hall–Kier alpha value is -1.43. The average molecular weight is 251 g/mol. The summed E-state index contributed by atoms with van der Waals surface area (Å²) in [5.74, 6) is 0.133. The molecular formula is C12H21N5O. The summed E-state index contributed by atoms with van der Waals surface area (Å²) in [6, 6.07) is 0.408. The van der Waals surface area contributed by atoms with Crippen LogP contribution in [0, 0.1) is 0 Å². The van der Waals surface area contributed by atoms with Gasteiger partial charge in [0, 0.05) is 25.2 Å². The maximum Gasteiger partial charge on any atom is 0.221 e. The molecule has 1 aliphatic rings. The van der Waals surface area contributed by atoms with E-state index in [9.17, 15) is 4.79 Å². The normalized spacial score (nSPS) is 20.8. The molecule has 100 valence electrons. The van der Waals surface area contributed by atoms with Crippen LogP contribution in [0.1, 0.15) is 25.7 Å². The van der Waals surface area contributed by atoms with Gasteiger partial charge in [0.05, 0.1) is 12.7 Å². The fourth-order valence-electron chi connectivity index (χ4n) is 2.35. The summed E-state index contributed by atoms with van der Waals surface area (Å²) < 4.78 is 1.72. The lowest BCUT2D eigenvalue weighted by atomic mass is 10.00. The van der Waals surface area contributed by atoms with Crippen molar-refractivity contribution in [1.82, 2.24) is 25.2 Å². The Labute approximate surface area is 107 Å². The number of nitrogens with zero attached hydrogens (tertiary/aromatic N) is 4. The lowest BCUT2D eigenvalue weighted by Gasteiger charge is -2.31. The van der Waals surface area contributed by atoms with E-state index >= 15 is 0 Å². The van der Waals surface area contributed by atoms with Crippen LogP contribution in [0.4, 0.5) is 0 Å². The van der Waals surface area contributed by atoms with Crippen molar-refractivity contribution >= 4 is 5.91 Å². The van der Waals surface area contributed by atoms with Gasteiger partial charge >= 0.3 is 0 Å². The molecule has 0 aromatic carbocycles. The Bertz CT molecular complexity index is 365. The highest BCUT2D eigenvalue weighted by molar-refractivity contribution is 5.76. The summed E-state index contributed by atoms with van der Waals surface area (Å²) >= 11 is 0. The smallest absolute Gasteiger partial charge is 0.221 e. The van der Waals surface area contributed by atoms with E-state index in [0.29, 0.717) is 25.6 Å². The number of aromatic nitrogens is 3. The molecule has 0 saturated carbocycles. The molecule has 1 fully saturated rings. The molecule has 6 nitrogen and oxygen atoms in total. The van der Waals surface area contributed by atoms with Gasteiger partial charge in [0.15, 0.2) is 0 Å². The maximum atomic E-state index is 11.8. The van der Waals surface area contributed by atoms with E-state index in [1.54, 1.807) is 17.1 Å². The van der Waals surface area contributed by atoms with Crippen LogP contribution in [0.15, 0.2) is 12.4 Å². The number of nitrogens with one attached hydrogen (secondary N) is 1. The van der Waals surface area contributed by atoms with E-state index in [1.807, 2.05) is 0 Å². The first-order valence-corrected chi connectivity index (χ1v) is 6.57. The summed E-state index contributed by atoms with van der Waals surface area (Å²) in [5, 5.41) is 10.5. The van der Waals surface area contributed by atoms with Crippen molar-refractivity contribution in [3.8, 4) is 0 Å². The highest BCUT2D eigenvalue weighted by Gasteiger charge is 2.21. The fourth-order valence-corrected chi connectivity index (χ4v) is 2.35. The first-order chi connectivity index (χ1) is 8.75. The predicted molar refractivity (Wildman–Crippen MR) is 67.9 cm³/mol. The van der Waals surface area contributed by atoms with Crippen molar-refractivity contribution in [1.29, 1.82) is 0 Å². The Morgan fingerprint density at radius 3 is 3.11 bits per heavy atom. The van der Waals surface area contributed by atoms with Crippen molar-refractivity contribution in [2.24, 2.45) is 0 Å². The van der Waals surface area contributed by atoms with E-state index in [0.717, 1.165) is 13.0 Å². The Kier molecular flexibility index (Phi) is 4.69. The van der Waals surface area contributed by atoms with E-state index in [4.69, 9.17) is 0 Å². The van der Waals surface area contributed by atoms with Crippen LogP contribution in [0.2, 0.25) is 0 Å². The van der Waals surface area contributed by atoms with Gasteiger partial charge in [-0.05, 0) is 26.4 Å². The number of carbonyl (C=O) groups excluding carboxylic acids is 1. The molecule has 6 heteroatoms. The molecule has 0 spiro atoms. The number of piperidine rings is 1. The predicted octanol–water partition coefficient (Wildman–Crippen LogP) is 0.269. The summed E-state index contributed by atoms with van der Waals surface area (Å²) in [6.45, 7) is 2.39. The fraction of sp³-hybridized carbons (Fsp3) is 0.750. The molecule has 0 bridgehead atoms. The summed E-state index contributed by atoms with van der Waals surface area (Å²) in [4.78, 5) is 14.1. The third-order valence-corrected chi connectivity index (χ3v) is 3.48. The van der Waals surface area contributed by atoms with Crippen molar-refractivity contribution in [3.05, 3.63) is 12.4 Å². The van der Waals surface area contributed by atoms with Gasteiger partial charge in [-0.25, -0.2) is 0 Å². The Balaban J connectivity index is 1.65. The summed E-state index contributed by atoms with van der Waals surface area (Å²) in [7, 11) is 2.10. The van der Waals surface area contributed by atoms with Gasteiger partial charge in [0.1, 0.15) is 0 Å². The van der Waals surface area contributed by atoms with Gasteiger partial charge in [-0.3, -0.25) is 9.48 Å². The number of hydrogen-bond donors (Lipinski definition) is 1. The molecule has 1 saturated heterocycles. The highest BCUT2D eigenvalue weighted by atomic mass is 16.1. The molecule has 1 aliphatic heterocycles. The third-order valence-electron chi connectivity index (χ3n) is 3.48. The minimum Gasteiger partial charge on any atom is -0.354 e. The second kappa shape index (κ2) is 6.49. The molecule has 2 heterocycles. The molecule has 1 aromatic rings. The molecule has 1 aromatic heterocycles. The summed E-state index contributed by atoms with van der Waals surface area (Å²) in [6.07, 6.45) is 7.66. The van der Waals surface area contributed by atoms with Crippen LogP contribution in [0.25, 0.3) is 0 Å². The van der Waals surface area contributed by atoms with E-state index in [1.165, 1.54) is 12.8 Å². The largest absolute Gasteiger partial charge is 0.354 e. The lowest BCUT2D eigenvalue weighted by Crippen LogP contribution is -2.40. The molecule has 1 amide bonds. The van der Waals surface area contributed by atoms with Gasteiger partial charge in [-0.2, -0.15) is 0 Å². The highest BCUT2D eigenvalue weighted by Crippen LogP contribution is 2.17. The molecule has 0 aliphatic carbocycles. The Morgan fingerprint density at radius 2 is 2.39 bits per heavy atom. The van der Waals surface area contributed by atoms with Crippen LogP contribution in [0.3, 0.4) is 0 Å². The van der Waals surface area contributed by atoms with Crippen molar-refractivity contribution in [2.45, 2.75) is 38.3 Å². The van der Waals surface area contributed by atoms with Crippen LogP contribution in [-0.4, -0.2) is 52.0 Å². The molecule has 1 atom stereocenters. The van der Waals surface area contributed by atoms with Crippen molar-refractivity contribution in [3.63, 3.8) is 0 Å². The third kappa shape index (κ3) is 3.80. The van der Waals surface area contributed by atoms with Crippen LogP contribution in [-0.2, 0) is 11.3 Å². The van der Waals surface area contributed by atoms with Gasteiger partial charge in [-0.1, -0.05) is 11.6 Å². The SMILES string of the molecule is CN1CCCCC1CC(=O)NCCn1ccnn1. The number of rotatable bonds is 5. The zero-order valence-corrected chi connectivity index (χ0v) is 10.9. The zero-order chi connectivity index (χ0) is 12.8. The first kappa shape index (κ1) is 13.0. The lowest BCUT2D eigenvalue weighted by molar-refractivity contribution is -0.122. The van der Waals surface area contributed by atoms with E-state index in [2.05, 4.69) is 27.6 Å². The molecule has 0 radical (unpaired) electrons.